The van der Waals surface area contributed by atoms with Crippen LogP contribution in [0.3, 0.4) is 0 Å². The Labute approximate surface area is 120 Å². The zero-order valence-corrected chi connectivity index (χ0v) is 13.8. The number of rotatable bonds is 6. The SMILES string of the molecule is COCCCCN1CC(C(C)(C)C)NCC1C(C)C. The summed E-state index contributed by atoms with van der Waals surface area (Å²) in [5, 5.41) is 3.76. The molecular formula is C16H34N2O. The van der Waals surface area contributed by atoms with Crippen LogP contribution in [0.1, 0.15) is 47.5 Å². The summed E-state index contributed by atoms with van der Waals surface area (Å²) < 4.78 is 5.15. The summed E-state index contributed by atoms with van der Waals surface area (Å²) in [5.74, 6) is 0.718. The summed E-state index contributed by atoms with van der Waals surface area (Å²) in [6.45, 7) is 16.1. The first-order chi connectivity index (χ1) is 8.86. The Balaban J connectivity index is 2.53. The third-order valence-corrected chi connectivity index (χ3v) is 4.32. The van der Waals surface area contributed by atoms with E-state index in [1.807, 2.05) is 0 Å². The topological polar surface area (TPSA) is 24.5 Å². The van der Waals surface area contributed by atoms with Gasteiger partial charge in [0.25, 0.3) is 0 Å². The van der Waals surface area contributed by atoms with Gasteiger partial charge in [0.05, 0.1) is 0 Å². The van der Waals surface area contributed by atoms with Gasteiger partial charge in [0, 0.05) is 38.9 Å². The second kappa shape index (κ2) is 7.61. The molecule has 0 spiro atoms. The molecule has 0 saturated carbocycles. The highest BCUT2D eigenvalue weighted by Crippen LogP contribution is 2.25. The van der Waals surface area contributed by atoms with Gasteiger partial charge in [-0.15, -0.1) is 0 Å². The number of methoxy groups -OCH3 is 1. The number of hydrogen-bond donors (Lipinski definition) is 1. The van der Waals surface area contributed by atoms with Gasteiger partial charge < -0.3 is 10.1 Å². The van der Waals surface area contributed by atoms with E-state index in [1.54, 1.807) is 7.11 Å². The van der Waals surface area contributed by atoms with Crippen LogP contribution in [0.25, 0.3) is 0 Å². The first-order valence-corrected chi connectivity index (χ1v) is 7.82. The van der Waals surface area contributed by atoms with Crippen LogP contribution in [0.4, 0.5) is 0 Å². The van der Waals surface area contributed by atoms with Crippen molar-refractivity contribution in [3.05, 3.63) is 0 Å². The first kappa shape index (κ1) is 16.9. The molecule has 2 unspecified atom stereocenters. The molecule has 19 heavy (non-hydrogen) atoms. The van der Waals surface area contributed by atoms with Crippen LogP contribution in [0.15, 0.2) is 0 Å². The molecule has 1 fully saturated rings. The van der Waals surface area contributed by atoms with Crippen molar-refractivity contribution in [1.29, 1.82) is 0 Å². The molecule has 1 heterocycles. The molecule has 3 nitrogen and oxygen atoms in total. The molecule has 0 radical (unpaired) electrons. The molecule has 0 amide bonds. The van der Waals surface area contributed by atoms with Crippen LogP contribution >= 0.6 is 0 Å². The fraction of sp³-hybridized carbons (Fsp3) is 1.00. The van der Waals surface area contributed by atoms with Crippen LogP contribution in [-0.4, -0.2) is 50.3 Å². The quantitative estimate of drug-likeness (QED) is 0.751. The molecule has 1 aliphatic heterocycles. The number of unbranched alkanes of at least 4 members (excludes halogenated alkanes) is 1. The van der Waals surface area contributed by atoms with Crippen molar-refractivity contribution in [1.82, 2.24) is 10.2 Å². The molecule has 3 heteroatoms. The molecule has 0 aliphatic carbocycles. The van der Waals surface area contributed by atoms with Gasteiger partial charge in [0.2, 0.25) is 0 Å². The second-order valence-corrected chi connectivity index (χ2v) is 7.33. The molecule has 0 aromatic rings. The molecule has 0 bridgehead atoms. The van der Waals surface area contributed by atoms with E-state index >= 15 is 0 Å². The van der Waals surface area contributed by atoms with Crippen molar-refractivity contribution < 1.29 is 4.74 Å². The summed E-state index contributed by atoms with van der Waals surface area (Å²) >= 11 is 0. The summed E-state index contributed by atoms with van der Waals surface area (Å²) in [4.78, 5) is 2.70. The molecule has 1 aliphatic rings. The van der Waals surface area contributed by atoms with E-state index in [4.69, 9.17) is 4.74 Å². The zero-order valence-electron chi connectivity index (χ0n) is 13.8. The minimum absolute atomic E-state index is 0.340. The monoisotopic (exact) mass is 270 g/mol. The van der Waals surface area contributed by atoms with Gasteiger partial charge in [-0.05, 0) is 30.7 Å². The van der Waals surface area contributed by atoms with Gasteiger partial charge in [0.15, 0.2) is 0 Å². The maximum absolute atomic E-state index is 5.15. The highest BCUT2D eigenvalue weighted by Gasteiger charge is 2.34. The number of nitrogens with zero attached hydrogens (tertiary/aromatic N) is 1. The van der Waals surface area contributed by atoms with E-state index < -0.39 is 0 Å². The average molecular weight is 270 g/mol. The third-order valence-electron chi connectivity index (χ3n) is 4.32. The standard InChI is InChI=1S/C16H34N2O/c1-13(2)14-11-17-15(16(3,4)5)12-18(14)9-7-8-10-19-6/h13-15,17H,7-12H2,1-6H3. The Morgan fingerprint density at radius 2 is 1.95 bits per heavy atom. The Morgan fingerprint density at radius 3 is 2.47 bits per heavy atom. The van der Waals surface area contributed by atoms with E-state index in [9.17, 15) is 0 Å². The number of nitrogens with one attached hydrogen (secondary N) is 1. The highest BCUT2D eigenvalue weighted by atomic mass is 16.5. The lowest BCUT2D eigenvalue weighted by Gasteiger charge is -2.46. The minimum Gasteiger partial charge on any atom is -0.385 e. The van der Waals surface area contributed by atoms with Crippen molar-refractivity contribution in [2.45, 2.75) is 59.5 Å². The van der Waals surface area contributed by atoms with Crippen LogP contribution in [0, 0.1) is 11.3 Å². The van der Waals surface area contributed by atoms with Crippen molar-refractivity contribution >= 4 is 0 Å². The molecular weight excluding hydrogens is 236 g/mol. The minimum atomic E-state index is 0.340. The summed E-state index contributed by atoms with van der Waals surface area (Å²) in [6, 6.07) is 1.28. The smallest absolute Gasteiger partial charge is 0.0462 e. The number of piperazine rings is 1. The van der Waals surface area contributed by atoms with E-state index in [1.165, 1.54) is 25.9 Å². The molecule has 0 aromatic heterocycles. The number of hydrogen-bond acceptors (Lipinski definition) is 3. The lowest BCUT2D eigenvalue weighted by atomic mass is 9.83. The largest absolute Gasteiger partial charge is 0.385 e. The van der Waals surface area contributed by atoms with Crippen molar-refractivity contribution in [3.8, 4) is 0 Å². The maximum Gasteiger partial charge on any atom is 0.0462 e. The molecule has 1 saturated heterocycles. The highest BCUT2D eigenvalue weighted by molar-refractivity contribution is 4.92. The van der Waals surface area contributed by atoms with Gasteiger partial charge in [-0.2, -0.15) is 0 Å². The Morgan fingerprint density at radius 1 is 1.26 bits per heavy atom. The van der Waals surface area contributed by atoms with Crippen LogP contribution < -0.4 is 5.32 Å². The Bertz CT molecular complexity index is 248. The zero-order chi connectivity index (χ0) is 14.5. The molecule has 1 rings (SSSR count). The second-order valence-electron chi connectivity index (χ2n) is 7.33. The average Bonchev–Trinajstić information content (AvgIpc) is 2.33. The first-order valence-electron chi connectivity index (χ1n) is 7.82. The van der Waals surface area contributed by atoms with E-state index in [0.29, 0.717) is 17.5 Å². The van der Waals surface area contributed by atoms with Crippen molar-refractivity contribution in [3.63, 3.8) is 0 Å². The fourth-order valence-corrected chi connectivity index (χ4v) is 2.88. The predicted octanol–water partition coefficient (Wildman–Crippen LogP) is 2.76. The third kappa shape index (κ3) is 5.41. The van der Waals surface area contributed by atoms with E-state index in [-0.39, 0.29) is 0 Å². The van der Waals surface area contributed by atoms with Gasteiger partial charge in [-0.3, -0.25) is 4.90 Å². The normalized spacial score (nSPS) is 26.1. The van der Waals surface area contributed by atoms with Crippen LogP contribution in [-0.2, 0) is 4.74 Å². The number of ether oxygens (including phenoxy) is 1. The van der Waals surface area contributed by atoms with E-state index in [0.717, 1.165) is 19.1 Å². The maximum atomic E-state index is 5.15. The van der Waals surface area contributed by atoms with Crippen LogP contribution in [0.2, 0.25) is 0 Å². The summed E-state index contributed by atoms with van der Waals surface area (Å²) in [6.07, 6.45) is 2.42. The van der Waals surface area contributed by atoms with Gasteiger partial charge in [-0.25, -0.2) is 0 Å². The lowest BCUT2D eigenvalue weighted by molar-refractivity contribution is 0.0600. The van der Waals surface area contributed by atoms with Crippen LogP contribution in [0.5, 0.6) is 0 Å². The predicted molar refractivity (Wildman–Crippen MR) is 82.6 cm³/mol. The molecule has 114 valence electrons. The molecule has 0 aromatic carbocycles. The Hall–Kier alpha value is -0.120. The Kier molecular flexibility index (Phi) is 6.78. The van der Waals surface area contributed by atoms with Crippen molar-refractivity contribution in [2.24, 2.45) is 11.3 Å². The lowest BCUT2D eigenvalue weighted by Crippen LogP contribution is -2.61. The van der Waals surface area contributed by atoms with Gasteiger partial charge in [-0.1, -0.05) is 34.6 Å². The summed E-state index contributed by atoms with van der Waals surface area (Å²) in [7, 11) is 1.79. The van der Waals surface area contributed by atoms with E-state index in [2.05, 4.69) is 44.8 Å². The molecule has 2 atom stereocenters. The van der Waals surface area contributed by atoms with Gasteiger partial charge in [0.1, 0.15) is 0 Å². The van der Waals surface area contributed by atoms with Gasteiger partial charge >= 0.3 is 0 Å². The van der Waals surface area contributed by atoms with Crippen molar-refractivity contribution in [2.75, 3.05) is 33.4 Å². The summed E-state index contributed by atoms with van der Waals surface area (Å²) in [5.41, 5.74) is 0.340. The fourth-order valence-electron chi connectivity index (χ4n) is 2.88. The molecule has 1 N–H and O–H groups in total.